The zero-order valence-electron chi connectivity index (χ0n) is 15.9. The summed E-state index contributed by atoms with van der Waals surface area (Å²) in [5.41, 5.74) is 12.7. The van der Waals surface area contributed by atoms with Gasteiger partial charge in [0.1, 0.15) is 11.9 Å². The van der Waals surface area contributed by atoms with Crippen molar-refractivity contribution in [2.24, 2.45) is 0 Å². The topological polar surface area (TPSA) is 135 Å². The number of nitrogen functional groups attached to an aromatic ring is 2. The number of hydrogen-bond donors (Lipinski definition) is 4. The van der Waals surface area contributed by atoms with Crippen molar-refractivity contribution >= 4 is 23.9 Å². The molecule has 2 aromatic heterocycles. The average Bonchev–Trinajstić information content (AvgIpc) is 2.73. The van der Waals surface area contributed by atoms with Crippen molar-refractivity contribution in [1.29, 1.82) is 10.8 Å². The van der Waals surface area contributed by atoms with Crippen LogP contribution in [0.15, 0.2) is 42.7 Å². The minimum absolute atomic E-state index is 0.0345. The lowest BCUT2D eigenvalue weighted by Gasteiger charge is -2.18. The molecule has 1 aromatic carbocycles. The summed E-state index contributed by atoms with van der Waals surface area (Å²) in [6.45, 7) is 1.66. The lowest BCUT2D eigenvalue weighted by atomic mass is 10.1. The molecule has 156 valence electrons. The maximum absolute atomic E-state index is 13.9. The summed E-state index contributed by atoms with van der Waals surface area (Å²) in [5.74, 6) is -2.60. The van der Waals surface area contributed by atoms with E-state index in [0.717, 1.165) is 18.6 Å². The van der Waals surface area contributed by atoms with Gasteiger partial charge in [-0.25, -0.2) is 18.7 Å². The van der Waals surface area contributed by atoms with E-state index >= 15 is 0 Å². The van der Waals surface area contributed by atoms with Gasteiger partial charge in [0.25, 0.3) is 0 Å². The molecule has 0 saturated carbocycles. The summed E-state index contributed by atoms with van der Waals surface area (Å²) < 4.78 is 46.5. The normalized spacial score (nSPS) is 11.1. The van der Waals surface area contributed by atoms with Crippen molar-refractivity contribution in [3.05, 3.63) is 65.9 Å². The van der Waals surface area contributed by atoms with Crippen LogP contribution in [-0.2, 0) is 0 Å². The number of pyridine rings is 2. The SMILES string of the molecule is CC(Oc1cc(-c2ccnc(F)c2F)cnc1N)c1cc(F)ccc1N.N=CC=N. The van der Waals surface area contributed by atoms with Gasteiger partial charge in [0, 0.05) is 47.2 Å². The lowest BCUT2D eigenvalue weighted by molar-refractivity contribution is 0.228. The minimum atomic E-state index is -1.22. The maximum atomic E-state index is 13.9. The molecule has 3 aromatic rings. The molecule has 30 heavy (non-hydrogen) atoms. The van der Waals surface area contributed by atoms with E-state index < -0.39 is 23.7 Å². The van der Waals surface area contributed by atoms with E-state index in [2.05, 4.69) is 9.97 Å². The Kier molecular flexibility index (Phi) is 7.45. The highest BCUT2D eigenvalue weighted by molar-refractivity contribution is 6.12. The van der Waals surface area contributed by atoms with Gasteiger partial charge in [0.2, 0.25) is 5.95 Å². The van der Waals surface area contributed by atoms with Crippen molar-refractivity contribution in [3.8, 4) is 16.9 Å². The third-order valence-corrected chi connectivity index (χ3v) is 3.91. The van der Waals surface area contributed by atoms with Crippen LogP contribution in [-0.4, -0.2) is 22.4 Å². The molecule has 0 saturated heterocycles. The van der Waals surface area contributed by atoms with Crippen LogP contribution in [0.3, 0.4) is 0 Å². The number of nitrogens with two attached hydrogens (primary N) is 2. The molecular weight excluding hydrogens is 397 g/mol. The van der Waals surface area contributed by atoms with Crippen LogP contribution in [0.4, 0.5) is 24.7 Å². The fraction of sp³-hybridized carbons (Fsp3) is 0.100. The summed E-state index contributed by atoms with van der Waals surface area (Å²) in [4.78, 5) is 7.19. The fourth-order valence-corrected chi connectivity index (χ4v) is 2.49. The number of ether oxygens (including phenoxy) is 1. The van der Waals surface area contributed by atoms with E-state index in [1.54, 1.807) is 6.92 Å². The molecule has 7 nitrogen and oxygen atoms in total. The Labute approximate surface area is 170 Å². The number of halogens is 3. The molecule has 0 fully saturated rings. The molecule has 2 heterocycles. The molecule has 0 bridgehead atoms. The van der Waals surface area contributed by atoms with Gasteiger partial charge in [-0.05, 0) is 37.3 Å². The van der Waals surface area contributed by atoms with E-state index in [0.29, 0.717) is 11.3 Å². The van der Waals surface area contributed by atoms with Crippen molar-refractivity contribution in [2.75, 3.05) is 11.5 Å². The van der Waals surface area contributed by atoms with Gasteiger partial charge >= 0.3 is 0 Å². The van der Waals surface area contributed by atoms with Crippen molar-refractivity contribution in [2.45, 2.75) is 13.0 Å². The highest BCUT2D eigenvalue weighted by Gasteiger charge is 2.17. The van der Waals surface area contributed by atoms with E-state index in [9.17, 15) is 13.2 Å². The van der Waals surface area contributed by atoms with E-state index in [1.165, 1.54) is 36.5 Å². The number of nitrogens with zero attached hydrogens (tertiary/aromatic N) is 2. The Bertz CT molecular complexity index is 1050. The number of anilines is 2. The maximum Gasteiger partial charge on any atom is 0.249 e. The zero-order valence-corrected chi connectivity index (χ0v) is 15.9. The summed E-state index contributed by atoms with van der Waals surface area (Å²) in [7, 11) is 0. The van der Waals surface area contributed by atoms with Crippen LogP contribution >= 0.6 is 0 Å². The smallest absolute Gasteiger partial charge is 0.249 e. The third-order valence-electron chi connectivity index (χ3n) is 3.91. The lowest BCUT2D eigenvalue weighted by Crippen LogP contribution is -2.09. The largest absolute Gasteiger partial charge is 0.482 e. The van der Waals surface area contributed by atoms with Gasteiger partial charge in [0.05, 0.1) is 0 Å². The summed E-state index contributed by atoms with van der Waals surface area (Å²) in [6.07, 6.45) is 3.62. The molecule has 0 radical (unpaired) electrons. The van der Waals surface area contributed by atoms with E-state index in [4.69, 9.17) is 27.0 Å². The quantitative estimate of drug-likeness (QED) is 0.281. The second-order valence-corrected chi connectivity index (χ2v) is 5.94. The van der Waals surface area contributed by atoms with Gasteiger partial charge in [0.15, 0.2) is 17.4 Å². The first-order valence-electron chi connectivity index (χ1n) is 8.55. The Balaban J connectivity index is 0.000000735. The van der Waals surface area contributed by atoms with Crippen molar-refractivity contribution in [1.82, 2.24) is 9.97 Å². The Morgan fingerprint density at radius 1 is 1.03 bits per heavy atom. The van der Waals surface area contributed by atoms with Gasteiger partial charge in [-0.3, -0.25) is 0 Å². The van der Waals surface area contributed by atoms with Crippen LogP contribution in [0.5, 0.6) is 5.75 Å². The molecule has 0 aliphatic heterocycles. The van der Waals surface area contributed by atoms with Crippen molar-refractivity contribution in [3.63, 3.8) is 0 Å². The molecule has 1 atom stereocenters. The monoisotopic (exact) mass is 416 g/mol. The predicted molar refractivity (Wildman–Crippen MR) is 109 cm³/mol. The Morgan fingerprint density at radius 3 is 2.40 bits per heavy atom. The molecule has 0 aliphatic rings. The first-order chi connectivity index (χ1) is 14.3. The molecule has 6 N–H and O–H groups in total. The van der Waals surface area contributed by atoms with Crippen LogP contribution in [0.1, 0.15) is 18.6 Å². The van der Waals surface area contributed by atoms with Crippen LogP contribution in [0.25, 0.3) is 11.1 Å². The first-order valence-corrected chi connectivity index (χ1v) is 8.55. The first kappa shape index (κ1) is 22.3. The molecular formula is C20H19F3N6O. The molecule has 1 unspecified atom stereocenters. The van der Waals surface area contributed by atoms with E-state index in [-0.39, 0.29) is 22.7 Å². The standard InChI is InChI=1S/C18H15F3N4O.C2H4N2/c1-9(13-7-11(19)2-3-14(13)22)26-15-6-10(8-25-18(15)23)12-4-5-24-17(21)16(12)20;3-1-2-4/h2-9H,22H2,1H3,(H2,23,25);1-4H. The number of nitrogens with one attached hydrogen (secondary N) is 2. The van der Waals surface area contributed by atoms with Crippen molar-refractivity contribution < 1.29 is 17.9 Å². The van der Waals surface area contributed by atoms with Gasteiger partial charge in [-0.15, -0.1) is 0 Å². The second kappa shape index (κ2) is 10.0. The third kappa shape index (κ3) is 5.31. The number of benzene rings is 1. The summed E-state index contributed by atoms with van der Waals surface area (Å²) >= 11 is 0. The van der Waals surface area contributed by atoms with Crippen LogP contribution in [0, 0.1) is 28.4 Å². The highest BCUT2D eigenvalue weighted by atomic mass is 19.2. The molecule has 3 rings (SSSR count). The molecule has 0 spiro atoms. The zero-order chi connectivity index (χ0) is 22.3. The fourth-order valence-electron chi connectivity index (χ4n) is 2.49. The highest BCUT2D eigenvalue weighted by Crippen LogP contribution is 2.33. The van der Waals surface area contributed by atoms with Crippen LogP contribution < -0.4 is 16.2 Å². The van der Waals surface area contributed by atoms with E-state index in [1.807, 2.05) is 0 Å². The number of rotatable bonds is 5. The Hall–Kier alpha value is -3.95. The van der Waals surface area contributed by atoms with Gasteiger partial charge in [-0.2, -0.15) is 4.39 Å². The average molecular weight is 416 g/mol. The Morgan fingerprint density at radius 2 is 1.73 bits per heavy atom. The van der Waals surface area contributed by atoms with Gasteiger partial charge < -0.3 is 27.0 Å². The molecule has 0 amide bonds. The summed E-state index contributed by atoms with van der Waals surface area (Å²) in [6, 6.07) is 6.65. The number of aromatic nitrogens is 2. The van der Waals surface area contributed by atoms with Gasteiger partial charge in [-0.1, -0.05) is 0 Å². The number of hydrogen-bond acceptors (Lipinski definition) is 7. The molecule has 10 heteroatoms. The van der Waals surface area contributed by atoms with Crippen LogP contribution in [0.2, 0.25) is 0 Å². The summed E-state index contributed by atoms with van der Waals surface area (Å²) in [5, 5.41) is 12.2. The minimum Gasteiger partial charge on any atom is -0.482 e. The second-order valence-electron chi connectivity index (χ2n) is 5.94. The predicted octanol–water partition coefficient (Wildman–Crippen LogP) is 4.15. The molecule has 0 aliphatic carbocycles.